The average Bonchev–Trinajstić information content (AvgIpc) is 3.45. The second-order valence-corrected chi connectivity index (χ2v) is 6.34. The normalized spacial score (nSPS) is 11.4. The SMILES string of the molecule is CNC(=O)c1ccccc1C#CCNC(=O)c1cc(-c2ccc3c(c2)OCO3)n[nH]1. The van der Waals surface area contributed by atoms with Crippen LogP contribution in [-0.4, -0.2) is 42.4 Å². The Morgan fingerprint density at radius 1 is 1.10 bits per heavy atom. The maximum atomic E-state index is 12.4. The van der Waals surface area contributed by atoms with Crippen LogP contribution in [-0.2, 0) is 0 Å². The van der Waals surface area contributed by atoms with Crippen LogP contribution in [0.4, 0.5) is 0 Å². The first kappa shape index (κ1) is 19.1. The van der Waals surface area contributed by atoms with Gasteiger partial charge in [-0.2, -0.15) is 5.10 Å². The molecule has 3 N–H and O–H groups in total. The summed E-state index contributed by atoms with van der Waals surface area (Å²) in [5.74, 6) is 6.57. The molecule has 8 nitrogen and oxygen atoms in total. The van der Waals surface area contributed by atoms with Gasteiger partial charge >= 0.3 is 0 Å². The molecular formula is C22H18N4O4. The molecule has 0 saturated heterocycles. The van der Waals surface area contributed by atoms with Crippen molar-refractivity contribution in [3.63, 3.8) is 0 Å². The molecule has 1 aliphatic rings. The zero-order valence-corrected chi connectivity index (χ0v) is 16.1. The van der Waals surface area contributed by atoms with E-state index in [1.165, 1.54) is 0 Å². The second-order valence-electron chi connectivity index (χ2n) is 6.34. The second kappa shape index (κ2) is 8.41. The molecule has 0 saturated carbocycles. The third-order valence-electron chi connectivity index (χ3n) is 4.45. The van der Waals surface area contributed by atoms with Crippen molar-refractivity contribution in [1.82, 2.24) is 20.8 Å². The minimum atomic E-state index is -0.330. The summed E-state index contributed by atoms with van der Waals surface area (Å²) >= 11 is 0. The number of amides is 2. The van der Waals surface area contributed by atoms with E-state index in [0.717, 1.165) is 5.56 Å². The first-order valence-corrected chi connectivity index (χ1v) is 9.19. The van der Waals surface area contributed by atoms with Crippen molar-refractivity contribution in [2.24, 2.45) is 0 Å². The largest absolute Gasteiger partial charge is 0.454 e. The molecule has 8 heteroatoms. The van der Waals surface area contributed by atoms with Crippen LogP contribution in [0, 0.1) is 11.8 Å². The molecule has 2 aromatic carbocycles. The highest BCUT2D eigenvalue weighted by Gasteiger charge is 2.16. The van der Waals surface area contributed by atoms with Crippen molar-refractivity contribution in [3.8, 4) is 34.6 Å². The number of nitrogens with zero attached hydrogens (tertiary/aromatic N) is 1. The van der Waals surface area contributed by atoms with Crippen LogP contribution < -0.4 is 20.1 Å². The number of hydrogen-bond acceptors (Lipinski definition) is 5. The van der Waals surface area contributed by atoms with Gasteiger partial charge in [-0.3, -0.25) is 14.7 Å². The molecule has 4 rings (SSSR count). The summed E-state index contributed by atoms with van der Waals surface area (Å²) in [7, 11) is 1.56. The van der Waals surface area contributed by atoms with Gasteiger partial charge in [-0.25, -0.2) is 0 Å². The Labute approximate surface area is 172 Å². The lowest BCUT2D eigenvalue weighted by molar-refractivity contribution is 0.0948. The van der Waals surface area contributed by atoms with Gasteiger partial charge in [0.15, 0.2) is 11.5 Å². The van der Waals surface area contributed by atoms with E-state index in [1.807, 2.05) is 12.1 Å². The molecule has 30 heavy (non-hydrogen) atoms. The maximum Gasteiger partial charge on any atom is 0.270 e. The van der Waals surface area contributed by atoms with E-state index >= 15 is 0 Å². The van der Waals surface area contributed by atoms with Crippen LogP contribution >= 0.6 is 0 Å². The number of benzene rings is 2. The molecule has 2 amide bonds. The molecule has 0 fully saturated rings. The number of H-pyrrole nitrogens is 1. The molecule has 1 aromatic heterocycles. The molecule has 0 spiro atoms. The van der Waals surface area contributed by atoms with Gasteiger partial charge in [-0.1, -0.05) is 24.0 Å². The van der Waals surface area contributed by atoms with E-state index in [4.69, 9.17) is 9.47 Å². The molecule has 0 aliphatic carbocycles. The highest BCUT2D eigenvalue weighted by atomic mass is 16.7. The first-order chi connectivity index (χ1) is 14.7. The number of aromatic amines is 1. The van der Waals surface area contributed by atoms with Gasteiger partial charge in [-0.15, -0.1) is 0 Å². The van der Waals surface area contributed by atoms with E-state index < -0.39 is 0 Å². The van der Waals surface area contributed by atoms with E-state index in [1.54, 1.807) is 43.4 Å². The van der Waals surface area contributed by atoms with Gasteiger partial charge in [0, 0.05) is 18.2 Å². The fourth-order valence-corrected chi connectivity index (χ4v) is 2.93. The van der Waals surface area contributed by atoms with Crippen LogP contribution in [0.3, 0.4) is 0 Å². The number of nitrogens with one attached hydrogen (secondary N) is 3. The monoisotopic (exact) mass is 402 g/mol. The molecule has 2 heterocycles. The number of carbonyl (C=O) groups excluding carboxylic acids is 2. The molecule has 3 aromatic rings. The highest BCUT2D eigenvalue weighted by molar-refractivity contribution is 5.96. The van der Waals surface area contributed by atoms with Gasteiger partial charge in [0.25, 0.3) is 11.8 Å². The van der Waals surface area contributed by atoms with Crippen molar-refractivity contribution < 1.29 is 19.1 Å². The number of rotatable bonds is 4. The molecular weight excluding hydrogens is 384 g/mol. The number of carbonyl (C=O) groups is 2. The number of aromatic nitrogens is 2. The Balaban J connectivity index is 1.40. The summed E-state index contributed by atoms with van der Waals surface area (Å²) in [6.45, 7) is 0.320. The fourth-order valence-electron chi connectivity index (χ4n) is 2.93. The van der Waals surface area contributed by atoms with Crippen LogP contribution in [0.15, 0.2) is 48.5 Å². The summed E-state index contributed by atoms with van der Waals surface area (Å²) in [5, 5.41) is 12.2. The summed E-state index contributed by atoms with van der Waals surface area (Å²) < 4.78 is 10.7. The third kappa shape index (κ3) is 3.95. The predicted octanol–water partition coefficient (Wildman–Crippen LogP) is 1.95. The molecule has 0 atom stereocenters. The number of fused-ring (bicyclic) bond motifs is 1. The minimum Gasteiger partial charge on any atom is -0.454 e. The molecule has 1 aliphatic heterocycles. The lowest BCUT2D eigenvalue weighted by Gasteiger charge is -2.02. The van der Waals surface area contributed by atoms with Crippen molar-refractivity contribution in [2.45, 2.75) is 0 Å². The van der Waals surface area contributed by atoms with Gasteiger partial charge in [0.05, 0.1) is 17.8 Å². The third-order valence-corrected chi connectivity index (χ3v) is 4.45. The smallest absolute Gasteiger partial charge is 0.270 e. The minimum absolute atomic E-state index is 0.124. The van der Waals surface area contributed by atoms with Crippen LogP contribution in [0.25, 0.3) is 11.3 Å². The summed E-state index contributed by atoms with van der Waals surface area (Å²) in [6, 6.07) is 14.1. The molecule has 0 unspecified atom stereocenters. The Morgan fingerprint density at radius 2 is 1.93 bits per heavy atom. The van der Waals surface area contributed by atoms with Gasteiger partial charge in [0.1, 0.15) is 5.69 Å². The zero-order valence-electron chi connectivity index (χ0n) is 16.1. The number of hydrogen-bond donors (Lipinski definition) is 3. The van der Waals surface area contributed by atoms with Crippen molar-refractivity contribution >= 4 is 11.8 Å². The lowest BCUT2D eigenvalue weighted by Crippen LogP contribution is -2.24. The fraction of sp³-hybridized carbons (Fsp3) is 0.136. The van der Waals surface area contributed by atoms with E-state index in [-0.39, 0.29) is 25.2 Å². The molecule has 0 radical (unpaired) electrons. The quantitative estimate of drug-likeness (QED) is 0.579. The predicted molar refractivity (Wildman–Crippen MR) is 109 cm³/mol. The summed E-state index contributed by atoms with van der Waals surface area (Å²) in [5.41, 5.74) is 2.82. The standard InChI is InChI=1S/C22H18N4O4/c1-23-21(27)16-7-3-2-5-14(16)6-4-10-24-22(28)18-12-17(25-26-18)15-8-9-19-20(11-15)30-13-29-19/h2-3,5,7-9,11-12H,10,13H2,1H3,(H,23,27)(H,24,28)(H,25,26). The van der Waals surface area contributed by atoms with Crippen LogP contribution in [0.5, 0.6) is 11.5 Å². The first-order valence-electron chi connectivity index (χ1n) is 9.19. The van der Waals surface area contributed by atoms with E-state index in [2.05, 4.69) is 32.7 Å². The Morgan fingerprint density at radius 3 is 2.80 bits per heavy atom. The van der Waals surface area contributed by atoms with Crippen molar-refractivity contribution in [3.05, 3.63) is 65.4 Å². The molecule has 0 bridgehead atoms. The van der Waals surface area contributed by atoms with Gasteiger partial charge < -0.3 is 20.1 Å². The Kier molecular flexibility index (Phi) is 5.35. The van der Waals surface area contributed by atoms with E-state index in [0.29, 0.717) is 34.0 Å². The van der Waals surface area contributed by atoms with Crippen LogP contribution in [0.1, 0.15) is 26.4 Å². The Hall–Kier alpha value is -4.25. The lowest BCUT2D eigenvalue weighted by atomic mass is 10.1. The summed E-state index contributed by atoms with van der Waals surface area (Å²) in [6.07, 6.45) is 0. The van der Waals surface area contributed by atoms with Crippen LogP contribution in [0.2, 0.25) is 0 Å². The maximum absolute atomic E-state index is 12.4. The van der Waals surface area contributed by atoms with E-state index in [9.17, 15) is 9.59 Å². The Bertz CT molecular complexity index is 1170. The summed E-state index contributed by atoms with van der Waals surface area (Å²) in [4.78, 5) is 24.2. The van der Waals surface area contributed by atoms with Gasteiger partial charge in [0.2, 0.25) is 6.79 Å². The van der Waals surface area contributed by atoms with Crippen molar-refractivity contribution in [2.75, 3.05) is 20.4 Å². The zero-order chi connectivity index (χ0) is 20.9. The highest BCUT2D eigenvalue weighted by Crippen LogP contribution is 2.35. The van der Waals surface area contributed by atoms with Gasteiger partial charge in [-0.05, 0) is 36.4 Å². The molecule has 150 valence electrons. The van der Waals surface area contributed by atoms with Crippen molar-refractivity contribution in [1.29, 1.82) is 0 Å². The average molecular weight is 402 g/mol. The topological polar surface area (TPSA) is 105 Å². The number of ether oxygens (including phenoxy) is 2.